The smallest absolute Gasteiger partial charge is 0.433 e. The number of ether oxygens (including phenoxy) is 2. The van der Waals surface area contributed by atoms with Gasteiger partial charge in [0.2, 0.25) is 5.88 Å². The summed E-state index contributed by atoms with van der Waals surface area (Å²) in [6.45, 7) is 1.60. The third-order valence-electron chi connectivity index (χ3n) is 3.54. The number of alkyl halides is 3. The Morgan fingerprint density at radius 3 is 2.54 bits per heavy atom. The Bertz CT molecular complexity index is 831. The first-order valence-corrected chi connectivity index (χ1v) is 7.46. The van der Waals surface area contributed by atoms with Gasteiger partial charge < -0.3 is 14.6 Å². The van der Waals surface area contributed by atoms with E-state index in [1.165, 1.54) is 19.2 Å². The molecule has 1 aromatic heterocycles. The second kappa shape index (κ2) is 7.90. The molecule has 0 spiro atoms. The Kier molecular flexibility index (Phi) is 5.86. The van der Waals surface area contributed by atoms with Crippen LogP contribution in [0.5, 0.6) is 5.88 Å². The molecular weight excluding hydrogens is 351 g/mol. The summed E-state index contributed by atoms with van der Waals surface area (Å²) in [6, 6.07) is 8.32. The molecular formula is C18H16F3NO4. The average molecular weight is 367 g/mol. The van der Waals surface area contributed by atoms with Gasteiger partial charge in [-0.25, -0.2) is 9.78 Å². The Morgan fingerprint density at radius 1 is 1.23 bits per heavy atom. The fraction of sp³-hybridized carbons (Fsp3) is 0.222. The summed E-state index contributed by atoms with van der Waals surface area (Å²) in [4.78, 5) is 14.9. The molecule has 0 fully saturated rings. The van der Waals surface area contributed by atoms with Gasteiger partial charge in [0.05, 0.1) is 13.4 Å². The van der Waals surface area contributed by atoms with E-state index < -0.39 is 17.8 Å². The molecule has 0 aliphatic heterocycles. The van der Waals surface area contributed by atoms with Gasteiger partial charge in [0, 0.05) is 11.6 Å². The fourth-order valence-corrected chi connectivity index (χ4v) is 2.29. The molecule has 1 aromatic carbocycles. The van der Waals surface area contributed by atoms with Gasteiger partial charge in [-0.1, -0.05) is 24.3 Å². The second-order valence-electron chi connectivity index (χ2n) is 5.32. The average Bonchev–Trinajstić information content (AvgIpc) is 2.58. The van der Waals surface area contributed by atoms with Gasteiger partial charge in [-0.3, -0.25) is 0 Å². The molecule has 0 saturated carbocycles. The van der Waals surface area contributed by atoms with E-state index in [1.807, 2.05) is 0 Å². The number of carboxylic acids is 1. The quantitative estimate of drug-likeness (QED) is 0.616. The maximum absolute atomic E-state index is 12.7. The highest BCUT2D eigenvalue weighted by molar-refractivity contribution is 6.15. The summed E-state index contributed by atoms with van der Waals surface area (Å²) in [5.74, 6) is -1.41. The summed E-state index contributed by atoms with van der Waals surface area (Å²) in [5, 5.41) is 9.36. The van der Waals surface area contributed by atoms with Crippen molar-refractivity contribution in [1.82, 2.24) is 4.98 Å². The summed E-state index contributed by atoms with van der Waals surface area (Å²) in [6.07, 6.45) is -3.49. The Labute approximate surface area is 147 Å². The largest absolute Gasteiger partial charge is 0.503 e. The Balaban J connectivity index is 2.34. The predicted octanol–water partition coefficient (Wildman–Crippen LogP) is 4.06. The summed E-state index contributed by atoms with van der Waals surface area (Å²) in [5.41, 5.74) is 0.429. The Morgan fingerprint density at radius 2 is 1.92 bits per heavy atom. The number of benzene rings is 1. The highest BCUT2D eigenvalue weighted by atomic mass is 19.4. The molecule has 2 rings (SSSR count). The zero-order valence-electron chi connectivity index (χ0n) is 14.0. The van der Waals surface area contributed by atoms with Gasteiger partial charge in [0.15, 0.2) is 0 Å². The molecule has 0 unspecified atom stereocenters. The van der Waals surface area contributed by atoms with Crippen molar-refractivity contribution in [2.75, 3.05) is 7.11 Å². The molecule has 0 radical (unpaired) electrons. The lowest BCUT2D eigenvalue weighted by molar-refractivity contribution is -0.141. The van der Waals surface area contributed by atoms with E-state index in [9.17, 15) is 23.1 Å². The molecule has 26 heavy (non-hydrogen) atoms. The number of methoxy groups -OCH3 is 1. The predicted molar refractivity (Wildman–Crippen MR) is 87.4 cm³/mol. The molecule has 0 bridgehead atoms. The van der Waals surface area contributed by atoms with E-state index in [2.05, 4.69) is 4.98 Å². The van der Waals surface area contributed by atoms with Crippen molar-refractivity contribution in [2.24, 2.45) is 0 Å². The SMILES string of the molecule is CO/C=C(/C(=O)O)c1cccc(C)c1COc1cccc(C(F)(F)F)n1. The normalized spacial score (nSPS) is 12.0. The molecule has 5 nitrogen and oxygen atoms in total. The number of nitrogens with zero attached hydrogens (tertiary/aromatic N) is 1. The van der Waals surface area contributed by atoms with Crippen LogP contribution in [-0.2, 0) is 22.3 Å². The lowest BCUT2D eigenvalue weighted by Crippen LogP contribution is -2.10. The van der Waals surface area contributed by atoms with Crippen LogP contribution in [0, 0.1) is 6.92 Å². The summed E-state index contributed by atoms with van der Waals surface area (Å²) >= 11 is 0. The van der Waals surface area contributed by atoms with Crippen LogP contribution in [0.2, 0.25) is 0 Å². The molecule has 0 atom stereocenters. The van der Waals surface area contributed by atoms with E-state index in [0.717, 1.165) is 17.9 Å². The number of halogens is 3. The van der Waals surface area contributed by atoms with Gasteiger partial charge in [-0.15, -0.1) is 0 Å². The zero-order valence-corrected chi connectivity index (χ0v) is 14.0. The lowest BCUT2D eigenvalue weighted by Gasteiger charge is -2.14. The standard InChI is InChI=1S/C18H16F3NO4/c1-11-5-3-6-12(14(9-25-2)17(23)24)13(11)10-26-16-8-4-7-15(22-16)18(19,20)21/h3-9H,10H2,1-2H3,(H,23,24)/b14-9+. The number of hydrogen-bond donors (Lipinski definition) is 1. The minimum absolute atomic E-state index is 0.0909. The van der Waals surface area contributed by atoms with Crippen LogP contribution in [0.4, 0.5) is 13.2 Å². The van der Waals surface area contributed by atoms with Crippen LogP contribution in [0.15, 0.2) is 42.7 Å². The van der Waals surface area contributed by atoms with Crippen molar-refractivity contribution in [3.63, 3.8) is 0 Å². The minimum atomic E-state index is -4.58. The van der Waals surface area contributed by atoms with Crippen molar-refractivity contribution in [1.29, 1.82) is 0 Å². The minimum Gasteiger partial charge on any atom is -0.503 e. The van der Waals surface area contributed by atoms with Crippen LogP contribution >= 0.6 is 0 Å². The van der Waals surface area contributed by atoms with E-state index in [1.54, 1.807) is 25.1 Å². The van der Waals surface area contributed by atoms with Crippen LogP contribution in [0.25, 0.3) is 5.57 Å². The first-order chi connectivity index (χ1) is 12.2. The number of aryl methyl sites for hydroxylation is 1. The molecule has 138 valence electrons. The van der Waals surface area contributed by atoms with Crippen molar-refractivity contribution in [3.05, 3.63) is 65.0 Å². The van der Waals surface area contributed by atoms with E-state index in [-0.39, 0.29) is 18.1 Å². The summed E-state index contributed by atoms with van der Waals surface area (Å²) < 4.78 is 48.4. The van der Waals surface area contributed by atoms with Gasteiger partial charge in [-0.05, 0) is 24.1 Å². The molecule has 1 N–H and O–H groups in total. The van der Waals surface area contributed by atoms with E-state index >= 15 is 0 Å². The topological polar surface area (TPSA) is 68.7 Å². The molecule has 2 aromatic rings. The first-order valence-electron chi connectivity index (χ1n) is 7.46. The van der Waals surface area contributed by atoms with Crippen molar-refractivity contribution < 1.29 is 32.5 Å². The fourth-order valence-electron chi connectivity index (χ4n) is 2.29. The molecule has 1 heterocycles. The third kappa shape index (κ3) is 4.53. The third-order valence-corrected chi connectivity index (χ3v) is 3.54. The molecule has 0 aliphatic rings. The lowest BCUT2D eigenvalue weighted by atomic mass is 9.97. The number of aliphatic carboxylic acids is 1. The molecule has 0 saturated heterocycles. The molecule has 0 amide bonds. The van der Waals surface area contributed by atoms with Crippen LogP contribution in [-0.4, -0.2) is 23.2 Å². The zero-order chi connectivity index (χ0) is 19.3. The number of hydrogen-bond acceptors (Lipinski definition) is 4. The van der Waals surface area contributed by atoms with Gasteiger partial charge in [-0.2, -0.15) is 13.2 Å². The highest BCUT2D eigenvalue weighted by Gasteiger charge is 2.32. The van der Waals surface area contributed by atoms with Gasteiger partial charge >= 0.3 is 12.1 Å². The van der Waals surface area contributed by atoms with Gasteiger partial charge in [0.1, 0.15) is 17.9 Å². The number of carboxylic acid groups (broad SMARTS) is 1. The highest BCUT2D eigenvalue weighted by Crippen LogP contribution is 2.29. The maximum atomic E-state index is 12.7. The number of rotatable bonds is 6. The van der Waals surface area contributed by atoms with E-state index in [4.69, 9.17) is 9.47 Å². The number of aromatic nitrogens is 1. The van der Waals surface area contributed by atoms with Crippen molar-refractivity contribution in [3.8, 4) is 5.88 Å². The van der Waals surface area contributed by atoms with Crippen LogP contribution < -0.4 is 4.74 Å². The van der Waals surface area contributed by atoms with Crippen LogP contribution in [0.3, 0.4) is 0 Å². The van der Waals surface area contributed by atoms with Crippen molar-refractivity contribution in [2.45, 2.75) is 19.7 Å². The molecule has 0 aliphatic carbocycles. The van der Waals surface area contributed by atoms with E-state index in [0.29, 0.717) is 11.1 Å². The van der Waals surface area contributed by atoms with Gasteiger partial charge in [0.25, 0.3) is 0 Å². The first kappa shape index (κ1) is 19.3. The second-order valence-corrected chi connectivity index (χ2v) is 5.32. The number of carbonyl (C=O) groups is 1. The van der Waals surface area contributed by atoms with Crippen molar-refractivity contribution >= 4 is 11.5 Å². The maximum Gasteiger partial charge on any atom is 0.433 e. The van der Waals surface area contributed by atoms with Crippen LogP contribution in [0.1, 0.15) is 22.4 Å². The monoisotopic (exact) mass is 367 g/mol. The number of pyridine rings is 1. The summed E-state index contributed by atoms with van der Waals surface area (Å²) in [7, 11) is 1.32. The Hall–Kier alpha value is -3.03. The molecule has 8 heteroatoms.